The van der Waals surface area contributed by atoms with E-state index in [4.69, 9.17) is 5.73 Å². The number of aromatic amines is 1. The Morgan fingerprint density at radius 3 is 2.19 bits per heavy atom. The number of H-pyrrole nitrogens is 1. The average molecular weight is 786 g/mol. The molecule has 3 fully saturated rings. The van der Waals surface area contributed by atoms with Gasteiger partial charge in [0.15, 0.2) is 0 Å². The van der Waals surface area contributed by atoms with E-state index in [1.54, 1.807) is 4.90 Å². The molecule has 2 aromatic carbocycles. The molecule has 3 saturated heterocycles. The Hall–Kier alpha value is -2.93. The van der Waals surface area contributed by atoms with Crippen LogP contribution in [0.3, 0.4) is 0 Å². The number of nitrogens with zero attached hydrogens (tertiary/aromatic N) is 4. The summed E-state index contributed by atoms with van der Waals surface area (Å²) in [5, 5.41) is 4.12. The van der Waals surface area contributed by atoms with Crippen LogP contribution in [0.5, 0.6) is 0 Å². The molecule has 0 spiro atoms. The third kappa shape index (κ3) is 7.93. The molecule has 1 atom stereocenters. The van der Waals surface area contributed by atoms with Crippen LogP contribution < -0.4 is 16.6 Å². The SMILES string of the molecule is CN(C)C1CCN(C2CCN(C(=O)[C@@H](Cc3cc(Br)c(N)c(Br)c3)NC(=O)N3CCC(c4cc5ccccc5[nH]c4=O)CC3)CC2)CC1. The highest BCUT2D eigenvalue weighted by Crippen LogP contribution is 2.31. The molecule has 0 saturated carbocycles. The van der Waals surface area contributed by atoms with Crippen LogP contribution in [0.15, 0.2) is 56.2 Å². The van der Waals surface area contributed by atoms with Gasteiger partial charge in [-0.3, -0.25) is 9.59 Å². The maximum atomic E-state index is 14.1. The van der Waals surface area contributed by atoms with Crippen molar-refractivity contribution in [1.29, 1.82) is 0 Å². The number of carbonyl (C=O) groups excluding carboxylic acids is 2. The van der Waals surface area contributed by atoms with Crippen LogP contribution in [-0.4, -0.2) is 108 Å². The number of nitrogens with one attached hydrogen (secondary N) is 2. The Kier molecular flexibility index (Phi) is 11.1. The largest absolute Gasteiger partial charge is 0.397 e. The lowest BCUT2D eigenvalue weighted by atomic mass is 9.89. The number of aromatic nitrogens is 1. The maximum Gasteiger partial charge on any atom is 0.318 e. The Morgan fingerprint density at radius 2 is 1.54 bits per heavy atom. The zero-order valence-corrected chi connectivity index (χ0v) is 31.1. The number of fused-ring (bicyclic) bond motifs is 1. The minimum absolute atomic E-state index is 0.0465. The predicted octanol–water partition coefficient (Wildman–Crippen LogP) is 5.15. The first-order valence-corrected chi connectivity index (χ1v) is 18.8. The van der Waals surface area contributed by atoms with Crippen LogP contribution in [-0.2, 0) is 11.2 Å². The smallest absolute Gasteiger partial charge is 0.318 e. The number of nitrogens with two attached hydrogens (primary N) is 1. The van der Waals surface area contributed by atoms with Crippen LogP contribution >= 0.6 is 31.9 Å². The van der Waals surface area contributed by atoms with Crippen molar-refractivity contribution >= 4 is 60.4 Å². The van der Waals surface area contributed by atoms with Crippen molar-refractivity contribution in [2.24, 2.45) is 0 Å². The van der Waals surface area contributed by atoms with Gasteiger partial charge in [-0.05, 0) is 139 Å². The van der Waals surface area contributed by atoms with Gasteiger partial charge in [-0.25, -0.2) is 4.79 Å². The van der Waals surface area contributed by atoms with Crippen LogP contribution in [0.2, 0.25) is 0 Å². The molecule has 4 N–H and O–H groups in total. The zero-order valence-electron chi connectivity index (χ0n) is 27.9. The minimum atomic E-state index is -0.714. The number of urea groups is 1. The number of amides is 3. The van der Waals surface area contributed by atoms with Crippen LogP contribution in [0.4, 0.5) is 10.5 Å². The quantitative estimate of drug-likeness (QED) is 0.286. The topological polar surface area (TPSA) is 118 Å². The molecule has 6 rings (SSSR count). The van der Waals surface area contributed by atoms with Gasteiger partial charge >= 0.3 is 6.03 Å². The van der Waals surface area contributed by atoms with Gasteiger partial charge in [-0.2, -0.15) is 0 Å². The van der Waals surface area contributed by atoms with Gasteiger partial charge in [0.25, 0.3) is 5.56 Å². The lowest BCUT2D eigenvalue weighted by molar-refractivity contribution is -0.135. The van der Waals surface area contributed by atoms with Crippen molar-refractivity contribution in [2.45, 2.75) is 69.0 Å². The first-order valence-electron chi connectivity index (χ1n) is 17.2. The fraction of sp³-hybridized carbons (Fsp3) is 0.528. The fourth-order valence-corrected chi connectivity index (χ4v) is 9.01. The molecule has 3 aliphatic heterocycles. The standard InChI is InChI=1S/C36H47Br2N7O3/c1-42(2)26-9-15-43(16-10-26)27-11-17-44(18-12-27)35(47)32(21-23-19-29(37)33(39)30(38)20-23)41-36(48)45-13-7-24(8-14-45)28-22-25-5-3-4-6-31(25)40-34(28)46/h3-6,19-20,22,24,26-27,32H,7-18,21,39H2,1-2H3,(H,40,46)(H,41,48)/t32-/m1/s1. The van der Waals surface area contributed by atoms with Crippen molar-refractivity contribution in [3.05, 3.63) is 72.9 Å². The van der Waals surface area contributed by atoms with Crippen molar-refractivity contribution in [2.75, 3.05) is 59.1 Å². The van der Waals surface area contributed by atoms with Gasteiger partial charge < -0.3 is 35.6 Å². The molecule has 0 radical (unpaired) electrons. The molecule has 0 bridgehead atoms. The number of piperidine rings is 3. The third-order valence-corrected chi connectivity index (χ3v) is 12.0. The van der Waals surface area contributed by atoms with Gasteiger partial charge in [0.05, 0.1) is 5.69 Å². The molecule has 48 heavy (non-hydrogen) atoms. The highest BCUT2D eigenvalue weighted by molar-refractivity contribution is 9.11. The van der Waals surface area contributed by atoms with E-state index in [1.807, 2.05) is 47.4 Å². The average Bonchev–Trinajstić information content (AvgIpc) is 3.10. The highest BCUT2D eigenvalue weighted by Gasteiger charge is 2.34. The minimum Gasteiger partial charge on any atom is -0.397 e. The molecule has 12 heteroatoms. The first-order chi connectivity index (χ1) is 23.1. The second-order valence-electron chi connectivity index (χ2n) is 13.9. The Balaban J connectivity index is 1.10. The molecule has 3 amide bonds. The summed E-state index contributed by atoms with van der Waals surface area (Å²) < 4.78 is 1.49. The van der Waals surface area contributed by atoms with E-state index in [2.05, 4.69) is 66.1 Å². The molecular weight excluding hydrogens is 738 g/mol. The number of carbonyl (C=O) groups is 2. The number of rotatable bonds is 7. The molecular formula is C36H47Br2N7O3. The van der Waals surface area contributed by atoms with E-state index in [0.29, 0.717) is 63.2 Å². The molecule has 1 aromatic heterocycles. The van der Waals surface area contributed by atoms with E-state index in [9.17, 15) is 14.4 Å². The summed E-state index contributed by atoms with van der Waals surface area (Å²) in [4.78, 5) is 52.4. The van der Waals surface area contributed by atoms with Crippen LogP contribution in [0.25, 0.3) is 10.9 Å². The number of benzene rings is 2. The Morgan fingerprint density at radius 1 is 0.917 bits per heavy atom. The molecule has 10 nitrogen and oxygen atoms in total. The van der Waals surface area contributed by atoms with Crippen LogP contribution in [0.1, 0.15) is 55.6 Å². The maximum absolute atomic E-state index is 14.1. The monoisotopic (exact) mass is 783 g/mol. The van der Waals surface area contributed by atoms with Crippen molar-refractivity contribution in [3.8, 4) is 0 Å². The number of nitrogen functional groups attached to an aromatic ring is 1. The molecule has 3 aliphatic rings. The van der Waals surface area contributed by atoms with Gasteiger partial charge in [0, 0.05) is 64.7 Å². The fourth-order valence-electron chi connectivity index (χ4n) is 7.73. The number of hydrogen-bond donors (Lipinski definition) is 3. The Labute approximate surface area is 299 Å². The molecule has 4 heterocycles. The highest BCUT2D eigenvalue weighted by atomic mass is 79.9. The number of likely N-dealkylation sites (tertiary alicyclic amines) is 3. The summed E-state index contributed by atoms with van der Waals surface area (Å²) in [5.41, 5.74) is 9.17. The van der Waals surface area contributed by atoms with Crippen molar-refractivity contribution in [1.82, 2.24) is 29.9 Å². The van der Waals surface area contributed by atoms with Crippen LogP contribution in [0, 0.1) is 0 Å². The lowest BCUT2D eigenvalue weighted by Crippen LogP contribution is -2.57. The first kappa shape index (κ1) is 34.9. The van der Waals surface area contributed by atoms with Gasteiger partial charge in [-0.15, -0.1) is 0 Å². The van der Waals surface area contributed by atoms with E-state index in [1.165, 1.54) is 12.8 Å². The summed E-state index contributed by atoms with van der Waals surface area (Å²) in [6, 6.07) is 13.8. The second-order valence-corrected chi connectivity index (χ2v) is 15.6. The van der Waals surface area contributed by atoms with E-state index >= 15 is 0 Å². The molecule has 0 aliphatic carbocycles. The van der Waals surface area contributed by atoms with E-state index in [0.717, 1.165) is 56.9 Å². The number of hydrogen-bond acceptors (Lipinski definition) is 6. The van der Waals surface area contributed by atoms with Crippen molar-refractivity contribution in [3.63, 3.8) is 0 Å². The number of pyridine rings is 1. The summed E-state index contributed by atoms with van der Waals surface area (Å²) in [5.74, 6) is 0.0223. The van der Waals surface area contributed by atoms with E-state index < -0.39 is 6.04 Å². The predicted molar refractivity (Wildman–Crippen MR) is 198 cm³/mol. The van der Waals surface area contributed by atoms with Gasteiger partial charge in [-0.1, -0.05) is 18.2 Å². The summed E-state index contributed by atoms with van der Waals surface area (Å²) in [6.07, 6.45) is 5.98. The number of anilines is 1. The van der Waals surface area contributed by atoms with E-state index in [-0.39, 0.29) is 23.4 Å². The normalized spacial score (nSPS) is 19.6. The third-order valence-electron chi connectivity index (χ3n) is 10.7. The second kappa shape index (κ2) is 15.3. The summed E-state index contributed by atoms with van der Waals surface area (Å²) >= 11 is 7.07. The summed E-state index contributed by atoms with van der Waals surface area (Å²) in [6.45, 7) is 4.60. The summed E-state index contributed by atoms with van der Waals surface area (Å²) in [7, 11) is 4.33. The molecule has 3 aromatic rings. The molecule has 258 valence electrons. The van der Waals surface area contributed by atoms with Gasteiger partial charge in [0.1, 0.15) is 6.04 Å². The van der Waals surface area contributed by atoms with Gasteiger partial charge in [0.2, 0.25) is 5.91 Å². The lowest BCUT2D eigenvalue weighted by Gasteiger charge is -2.43. The van der Waals surface area contributed by atoms with Crippen molar-refractivity contribution < 1.29 is 9.59 Å². The zero-order chi connectivity index (χ0) is 33.9. The number of para-hydroxylation sites is 1. The molecule has 0 unspecified atom stereocenters. The number of halogens is 2. The Bertz CT molecular complexity index is 1650.